The molecule has 1 atom stereocenters. The third kappa shape index (κ3) is 3.64. The second kappa shape index (κ2) is 6.76. The monoisotopic (exact) mass is 287 g/mol. The molecule has 0 radical (unpaired) electrons. The number of benzene rings is 1. The average Bonchev–Trinajstić information content (AvgIpc) is 2.46. The molecular formula is C17H22FN3. The van der Waals surface area contributed by atoms with Gasteiger partial charge in [0, 0.05) is 0 Å². The molecule has 4 heteroatoms. The summed E-state index contributed by atoms with van der Waals surface area (Å²) in [5, 5.41) is 11.8. The number of hydrogen-bond donors (Lipinski definition) is 1. The normalized spacial score (nSPS) is 12.4. The minimum Gasteiger partial charge on any atom is -0.306 e. The second-order valence-corrected chi connectivity index (χ2v) is 5.41. The zero-order valence-electron chi connectivity index (χ0n) is 13.1. The van der Waals surface area contributed by atoms with Crippen molar-refractivity contribution >= 4 is 0 Å². The topological polar surface area (TPSA) is 37.8 Å². The molecule has 1 unspecified atom stereocenters. The van der Waals surface area contributed by atoms with Crippen molar-refractivity contribution in [3.05, 3.63) is 58.2 Å². The van der Waals surface area contributed by atoms with Gasteiger partial charge in [0.2, 0.25) is 0 Å². The Hall–Kier alpha value is -1.81. The largest absolute Gasteiger partial charge is 0.306 e. The zero-order chi connectivity index (χ0) is 15.4. The predicted molar refractivity (Wildman–Crippen MR) is 82.8 cm³/mol. The minimum absolute atomic E-state index is 0.0603. The molecule has 1 N–H and O–H groups in total. The Morgan fingerprint density at radius 3 is 2.57 bits per heavy atom. The number of nitrogens with zero attached hydrogens (tertiary/aromatic N) is 2. The van der Waals surface area contributed by atoms with Crippen LogP contribution < -0.4 is 5.32 Å². The first kappa shape index (κ1) is 15.6. The van der Waals surface area contributed by atoms with E-state index in [1.54, 1.807) is 6.07 Å². The van der Waals surface area contributed by atoms with Crippen molar-refractivity contribution in [3.63, 3.8) is 0 Å². The summed E-state index contributed by atoms with van der Waals surface area (Å²) in [7, 11) is 0. The van der Waals surface area contributed by atoms with E-state index in [9.17, 15) is 4.39 Å². The highest BCUT2D eigenvalue weighted by Crippen LogP contribution is 2.27. The van der Waals surface area contributed by atoms with Crippen molar-refractivity contribution in [1.29, 1.82) is 0 Å². The first-order valence-corrected chi connectivity index (χ1v) is 7.33. The van der Waals surface area contributed by atoms with E-state index in [1.165, 1.54) is 6.07 Å². The van der Waals surface area contributed by atoms with Crippen molar-refractivity contribution in [2.75, 3.05) is 6.54 Å². The lowest BCUT2D eigenvalue weighted by Gasteiger charge is -2.23. The van der Waals surface area contributed by atoms with Gasteiger partial charge in [-0.15, -0.1) is 0 Å². The van der Waals surface area contributed by atoms with Gasteiger partial charge in [-0.25, -0.2) is 4.39 Å². The average molecular weight is 287 g/mol. The first-order valence-electron chi connectivity index (χ1n) is 7.33. The van der Waals surface area contributed by atoms with E-state index in [2.05, 4.69) is 22.4 Å². The van der Waals surface area contributed by atoms with Crippen molar-refractivity contribution in [1.82, 2.24) is 15.5 Å². The lowest BCUT2D eigenvalue weighted by molar-refractivity contribution is 0.577. The molecule has 1 aromatic heterocycles. The lowest BCUT2D eigenvalue weighted by Crippen LogP contribution is -2.25. The van der Waals surface area contributed by atoms with Crippen LogP contribution in [0.3, 0.4) is 0 Å². The van der Waals surface area contributed by atoms with Gasteiger partial charge in [-0.05, 0) is 68.6 Å². The molecule has 0 aliphatic carbocycles. The van der Waals surface area contributed by atoms with Gasteiger partial charge in [0.1, 0.15) is 5.82 Å². The summed E-state index contributed by atoms with van der Waals surface area (Å²) in [4.78, 5) is 0. The van der Waals surface area contributed by atoms with E-state index >= 15 is 0 Å². The number of aryl methyl sites for hydroxylation is 3. The fourth-order valence-corrected chi connectivity index (χ4v) is 2.46. The van der Waals surface area contributed by atoms with Crippen LogP contribution in [0.25, 0.3) is 0 Å². The summed E-state index contributed by atoms with van der Waals surface area (Å²) >= 11 is 0. The van der Waals surface area contributed by atoms with Gasteiger partial charge in [0.05, 0.1) is 17.4 Å². The number of nitrogens with one attached hydrogen (secondary N) is 1. The van der Waals surface area contributed by atoms with Gasteiger partial charge < -0.3 is 5.32 Å². The predicted octanol–water partition coefficient (Wildman–Crippen LogP) is 3.63. The van der Waals surface area contributed by atoms with E-state index in [0.717, 1.165) is 41.0 Å². The van der Waals surface area contributed by atoms with E-state index in [1.807, 2.05) is 32.9 Å². The summed E-state index contributed by atoms with van der Waals surface area (Å²) in [5.41, 5.74) is 4.83. The number of rotatable bonds is 5. The minimum atomic E-state index is -0.213. The van der Waals surface area contributed by atoms with Crippen molar-refractivity contribution in [2.45, 2.75) is 40.2 Å². The van der Waals surface area contributed by atoms with Gasteiger partial charge in [-0.1, -0.05) is 13.0 Å². The molecule has 0 amide bonds. The van der Waals surface area contributed by atoms with E-state index < -0.39 is 0 Å². The second-order valence-electron chi connectivity index (χ2n) is 5.41. The molecule has 0 aliphatic rings. The van der Waals surface area contributed by atoms with Gasteiger partial charge in [0.25, 0.3) is 0 Å². The summed E-state index contributed by atoms with van der Waals surface area (Å²) in [5.74, 6) is -0.213. The van der Waals surface area contributed by atoms with Crippen LogP contribution in [0.15, 0.2) is 24.3 Å². The summed E-state index contributed by atoms with van der Waals surface area (Å²) in [6, 6.07) is 6.90. The van der Waals surface area contributed by atoms with Gasteiger partial charge in [-0.2, -0.15) is 10.2 Å². The maximum absolute atomic E-state index is 13.7. The molecule has 0 bridgehead atoms. The van der Waals surface area contributed by atoms with Crippen molar-refractivity contribution < 1.29 is 4.39 Å². The lowest BCUT2D eigenvalue weighted by atomic mass is 9.93. The van der Waals surface area contributed by atoms with Gasteiger partial charge in [0.15, 0.2) is 0 Å². The zero-order valence-corrected chi connectivity index (χ0v) is 13.1. The number of hydrogen-bond acceptors (Lipinski definition) is 3. The standard InChI is InChI=1S/C17H22FN3/c1-5-8-19-17(15-10-14(18)7-6-11(15)2)16-9-12(3)20-21-13(16)4/h6-7,9-10,17,19H,5,8H2,1-4H3. The van der Waals surface area contributed by atoms with Crippen LogP contribution in [-0.2, 0) is 0 Å². The maximum Gasteiger partial charge on any atom is 0.123 e. The van der Waals surface area contributed by atoms with E-state index in [0.29, 0.717) is 0 Å². The quantitative estimate of drug-likeness (QED) is 0.912. The smallest absolute Gasteiger partial charge is 0.123 e. The molecule has 2 rings (SSSR count). The SMILES string of the molecule is CCCNC(c1cc(F)ccc1C)c1cc(C)nnc1C. The molecule has 1 heterocycles. The molecule has 0 saturated heterocycles. The molecule has 21 heavy (non-hydrogen) atoms. The Bertz CT molecular complexity index is 574. The Kier molecular flexibility index (Phi) is 5.02. The van der Waals surface area contributed by atoms with Crippen LogP contribution in [0.4, 0.5) is 4.39 Å². The molecule has 112 valence electrons. The van der Waals surface area contributed by atoms with Gasteiger partial charge in [-0.3, -0.25) is 0 Å². The molecule has 0 saturated carbocycles. The van der Waals surface area contributed by atoms with Crippen molar-refractivity contribution in [3.8, 4) is 0 Å². The maximum atomic E-state index is 13.7. The van der Waals surface area contributed by atoms with Crippen molar-refractivity contribution in [2.24, 2.45) is 0 Å². The molecule has 0 aliphatic heterocycles. The molecule has 2 aromatic rings. The Morgan fingerprint density at radius 2 is 1.86 bits per heavy atom. The first-order chi connectivity index (χ1) is 10.0. The van der Waals surface area contributed by atoms with Crippen LogP contribution in [0.5, 0.6) is 0 Å². The third-order valence-electron chi connectivity index (χ3n) is 3.60. The summed E-state index contributed by atoms with van der Waals surface area (Å²) in [6.45, 7) is 8.85. The van der Waals surface area contributed by atoms with Crippen LogP contribution >= 0.6 is 0 Å². The summed E-state index contributed by atoms with van der Waals surface area (Å²) in [6.07, 6.45) is 1.02. The van der Waals surface area contributed by atoms with Crippen LogP contribution in [-0.4, -0.2) is 16.7 Å². The fourth-order valence-electron chi connectivity index (χ4n) is 2.46. The van der Waals surface area contributed by atoms with Crippen LogP contribution in [0.1, 0.15) is 47.5 Å². The highest BCUT2D eigenvalue weighted by atomic mass is 19.1. The summed E-state index contributed by atoms with van der Waals surface area (Å²) < 4.78 is 13.7. The molecular weight excluding hydrogens is 265 g/mol. The molecule has 1 aromatic carbocycles. The van der Waals surface area contributed by atoms with Crippen LogP contribution in [0, 0.1) is 26.6 Å². The van der Waals surface area contributed by atoms with E-state index in [4.69, 9.17) is 0 Å². The Labute approximate surface area is 125 Å². The Balaban J connectivity index is 2.52. The van der Waals surface area contributed by atoms with E-state index in [-0.39, 0.29) is 11.9 Å². The Morgan fingerprint density at radius 1 is 1.10 bits per heavy atom. The number of aromatic nitrogens is 2. The molecule has 0 spiro atoms. The number of halogens is 1. The van der Waals surface area contributed by atoms with Gasteiger partial charge >= 0.3 is 0 Å². The molecule has 3 nitrogen and oxygen atoms in total. The van der Waals surface area contributed by atoms with Crippen LogP contribution in [0.2, 0.25) is 0 Å². The fraction of sp³-hybridized carbons (Fsp3) is 0.412. The highest BCUT2D eigenvalue weighted by Gasteiger charge is 2.19. The highest BCUT2D eigenvalue weighted by molar-refractivity contribution is 5.38. The third-order valence-corrected chi connectivity index (χ3v) is 3.60. The molecule has 0 fully saturated rings.